The second-order valence-corrected chi connectivity index (χ2v) is 5.37. The van der Waals surface area contributed by atoms with Gasteiger partial charge in [0, 0.05) is 0 Å². The summed E-state index contributed by atoms with van der Waals surface area (Å²) in [6, 6.07) is 3.72. The molecule has 2 N–H and O–H groups in total. The van der Waals surface area contributed by atoms with Crippen molar-refractivity contribution in [3.63, 3.8) is 0 Å². The number of nitrogens with one attached hydrogen (secondary N) is 1. The van der Waals surface area contributed by atoms with E-state index >= 15 is 0 Å². The Morgan fingerprint density at radius 1 is 1.25 bits per heavy atom. The van der Waals surface area contributed by atoms with Crippen LogP contribution in [-0.2, 0) is 13.2 Å². The molecule has 0 bridgehead atoms. The number of hydrogen-bond donors (Lipinski definition) is 2. The number of aliphatic hydroxyl groups is 1. The molecule has 92 valence electrons. The SMILES string of the molecule is CC(C)(C)CCCNCc1ccc(CO)o1. The molecule has 0 spiro atoms. The molecule has 0 aliphatic heterocycles. The molecule has 0 aliphatic carbocycles. The summed E-state index contributed by atoms with van der Waals surface area (Å²) in [5, 5.41) is 12.2. The summed E-state index contributed by atoms with van der Waals surface area (Å²) < 4.78 is 5.37. The quantitative estimate of drug-likeness (QED) is 0.732. The van der Waals surface area contributed by atoms with Crippen molar-refractivity contribution in [1.82, 2.24) is 5.32 Å². The summed E-state index contributed by atoms with van der Waals surface area (Å²) in [7, 11) is 0. The minimum atomic E-state index is -0.0238. The van der Waals surface area contributed by atoms with E-state index in [1.54, 1.807) is 0 Å². The van der Waals surface area contributed by atoms with Crippen molar-refractivity contribution < 1.29 is 9.52 Å². The lowest BCUT2D eigenvalue weighted by Gasteiger charge is -2.17. The number of hydrogen-bond acceptors (Lipinski definition) is 3. The summed E-state index contributed by atoms with van der Waals surface area (Å²) >= 11 is 0. The standard InChI is InChI=1S/C13H23NO2/c1-13(2,3)7-4-8-14-9-11-5-6-12(10-15)16-11/h5-6,14-15H,4,7-10H2,1-3H3. The normalized spacial score (nSPS) is 12.0. The molecule has 1 aromatic rings. The van der Waals surface area contributed by atoms with Gasteiger partial charge in [-0.15, -0.1) is 0 Å². The van der Waals surface area contributed by atoms with E-state index in [0.29, 0.717) is 11.2 Å². The fraction of sp³-hybridized carbons (Fsp3) is 0.692. The van der Waals surface area contributed by atoms with Crippen molar-refractivity contribution in [1.29, 1.82) is 0 Å². The van der Waals surface area contributed by atoms with E-state index in [1.165, 1.54) is 12.8 Å². The molecule has 0 radical (unpaired) electrons. The van der Waals surface area contributed by atoms with E-state index in [9.17, 15) is 0 Å². The molecule has 0 fully saturated rings. The van der Waals surface area contributed by atoms with Crippen LogP contribution in [0.25, 0.3) is 0 Å². The molecule has 3 heteroatoms. The van der Waals surface area contributed by atoms with E-state index in [2.05, 4.69) is 26.1 Å². The first-order valence-corrected chi connectivity index (χ1v) is 5.90. The van der Waals surface area contributed by atoms with Crippen molar-refractivity contribution >= 4 is 0 Å². The van der Waals surface area contributed by atoms with Crippen LogP contribution in [0.2, 0.25) is 0 Å². The highest BCUT2D eigenvalue weighted by atomic mass is 16.4. The fourth-order valence-electron chi connectivity index (χ4n) is 1.56. The summed E-state index contributed by atoms with van der Waals surface area (Å²) in [5.74, 6) is 1.52. The van der Waals surface area contributed by atoms with Crippen LogP contribution in [0, 0.1) is 5.41 Å². The third-order valence-electron chi connectivity index (χ3n) is 2.45. The van der Waals surface area contributed by atoms with E-state index in [0.717, 1.165) is 18.8 Å². The molecule has 0 atom stereocenters. The smallest absolute Gasteiger partial charge is 0.129 e. The minimum absolute atomic E-state index is 0.0238. The molecule has 3 nitrogen and oxygen atoms in total. The van der Waals surface area contributed by atoms with E-state index in [1.807, 2.05) is 12.1 Å². The number of aliphatic hydroxyl groups excluding tert-OH is 1. The average molecular weight is 225 g/mol. The third kappa shape index (κ3) is 5.33. The molecule has 0 saturated carbocycles. The van der Waals surface area contributed by atoms with Crippen molar-refractivity contribution in [2.24, 2.45) is 5.41 Å². The fourth-order valence-corrected chi connectivity index (χ4v) is 1.56. The Hall–Kier alpha value is -0.800. The van der Waals surface area contributed by atoms with Crippen LogP contribution < -0.4 is 5.32 Å². The van der Waals surface area contributed by atoms with Crippen LogP contribution >= 0.6 is 0 Å². The first-order valence-electron chi connectivity index (χ1n) is 5.90. The van der Waals surface area contributed by atoms with Gasteiger partial charge in [0.25, 0.3) is 0 Å². The van der Waals surface area contributed by atoms with Gasteiger partial charge in [-0.1, -0.05) is 20.8 Å². The van der Waals surface area contributed by atoms with Gasteiger partial charge in [0.1, 0.15) is 18.1 Å². The lowest BCUT2D eigenvalue weighted by atomic mass is 9.91. The van der Waals surface area contributed by atoms with Crippen LogP contribution in [-0.4, -0.2) is 11.7 Å². The molecule has 0 amide bonds. The van der Waals surface area contributed by atoms with Gasteiger partial charge in [0.05, 0.1) is 6.54 Å². The molecular weight excluding hydrogens is 202 g/mol. The number of rotatable bonds is 6. The van der Waals surface area contributed by atoms with Gasteiger partial charge < -0.3 is 14.8 Å². The Morgan fingerprint density at radius 2 is 1.94 bits per heavy atom. The van der Waals surface area contributed by atoms with Crippen molar-refractivity contribution in [2.75, 3.05) is 6.54 Å². The van der Waals surface area contributed by atoms with Crippen LogP contribution in [0.1, 0.15) is 45.1 Å². The zero-order valence-corrected chi connectivity index (χ0v) is 10.5. The molecular formula is C13H23NO2. The third-order valence-corrected chi connectivity index (χ3v) is 2.45. The Balaban J connectivity index is 2.11. The average Bonchev–Trinajstić information content (AvgIpc) is 2.63. The highest BCUT2D eigenvalue weighted by molar-refractivity contribution is 5.05. The van der Waals surface area contributed by atoms with E-state index in [-0.39, 0.29) is 6.61 Å². The van der Waals surface area contributed by atoms with Gasteiger partial charge in [-0.3, -0.25) is 0 Å². The predicted molar refractivity (Wildman–Crippen MR) is 65.0 cm³/mol. The van der Waals surface area contributed by atoms with Crippen molar-refractivity contribution in [3.05, 3.63) is 23.7 Å². The molecule has 1 rings (SSSR count). The molecule has 0 aromatic carbocycles. The monoisotopic (exact) mass is 225 g/mol. The lowest BCUT2D eigenvalue weighted by molar-refractivity contribution is 0.242. The Labute approximate surface area is 97.9 Å². The van der Waals surface area contributed by atoms with Gasteiger partial charge >= 0.3 is 0 Å². The summed E-state index contributed by atoms with van der Waals surface area (Å²) in [6.45, 7) is 8.49. The van der Waals surface area contributed by atoms with Gasteiger partial charge in [0.2, 0.25) is 0 Å². The Bertz CT molecular complexity index is 299. The van der Waals surface area contributed by atoms with Crippen LogP contribution in [0.4, 0.5) is 0 Å². The van der Waals surface area contributed by atoms with Gasteiger partial charge in [-0.05, 0) is 36.9 Å². The maximum absolute atomic E-state index is 8.84. The Morgan fingerprint density at radius 3 is 2.50 bits per heavy atom. The topological polar surface area (TPSA) is 45.4 Å². The first kappa shape index (κ1) is 13.3. The summed E-state index contributed by atoms with van der Waals surface area (Å²) in [5.41, 5.74) is 0.413. The van der Waals surface area contributed by atoms with Gasteiger partial charge in [-0.25, -0.2) is 0 Å². The molecule has 1 aromatic heterocycles. The van der Waals surface area contributed by atoms with Crippen molar-refractivity contribution in [3.8, 4) is 0 Å². The molecule has 0 unspecified atom stereocenters. The first-order chi connectivity index (χ1) is 7.51. The zero-order chi connectivity index (χ0) is 12.0. The highest BCUT2D eigenvalue weighted by Crippen LogP contribution is 2.19. The summed E-state index contributed by atoms with van der Waals surface area (Å²) in [4.78, 5) is 0. The number of furan rings is 1. The van der Waals surface area contributed by atoms with E-state index in [4.69, 9.17) is 9.52 Å². The van der Waals surface area contributed by atoms with Crippen LogP contribution in [0.15, 0.2) is 16.5 Å². The van der Waals surface area contributed by atoms with Crippen molar-refractivity contribution in [2.45, 2.75) is 46.8 Å². The summed E-state index contributed by atoms with van der Waals surface area (Å²) in [6.07, 6.45) is 2.40. The van der Waals surface area contributed by atoms with E-state index < -0.39 is 0 Å². The molecule has 0 aliphatic rings. The minimum Gasteiger partial charge on any atom is -0.462 e. The van der Waals surface area contributed by atoms with Gasteiger partial charge in [-0.2, -0.15) is 0 Å². The Kier molecular flexibility index (Phi) is 5.03. The highest BCUT2D eigenvalue weighted by Gasteiger charge is 2.08. The second-order valence-electron chi connectivity index (χ2n) is 5.37. The second kappa shape index (κ2) is 6.06. The van der Waals surface area contributed by atoms with Gasteiger partial charge in [0.15, 0.2) is 0 Å². The maximum Gasteiger partial charge on any atom is 0.129 e. The molecule has 0 saturated heterocycles. The zero-order valence-electron chi connectivity index (χ0n) is 10.5. The lowest BCUT2D eigenvalue weighted by Crippen LogP contribution is -2.16. The molecule has 1 heterocycles. The van der Waals surface area contributed by atoms with Crippen LogP contribution in [0.5, 0.6) is 0 Å². The predicted octanol–water partition coefficient (Wildman–Crippen LogP) is 2.69. The molecule has 16 heavy (non-hydrogen) atoms. The largest absolute Gasteiger partial charge is 0.462 e. The van der Waals surface area contributed by atoms with Crippen LogP contribution in [0.3, 0.4) is 0 Å². The maximum atomic E-state index is 8.84.